The molecule has 2 aromatic carbocycles. The summed E-state index contributed by atoms with van der Waals surface area (Å²) in [6.45, 7) is 4.69. The van der Waals surface area contributed by atoms with Gasteiger partial charge in [-0.05, 0) is 56.3 Å². The number of benzene rings is 2. The second-order valence-electron chi connectivity index (χ2n) is 5.39. The summed E-state index contributed by atoms with van der Waals surface area (Å²) in [6.07, 6.45) is 0. The molecule has 0 saturated carbocycles. The summed E-state index contributed by atoms with van der Waals surface area (Å²) in [6, 6.07) is 11.2. The van der Waals surface area contributed by atoms with Crippen molar-refractivity contribution in [2.24, 2.45) is 0 Å². The normalized spacial score (nSPS) is 10.2. The molecule has 0 bridgehead atoms. The lowest BCUT2D eigenvalue weighted by Gasteiger charge is -2.13. The lowest BCUT2D eigenvalue weighted by atomic mass is 10.1. The minimum absolute atomic E-state index is 0.313. The van der Waals surface area contributed by atoms with Crippen molar-refractivity contribution in [2.75, 3.05) is 25.6 Å². The largest absolute Gasteiger partial charge is 0.490 e. The van der Waals surface area contributed by atoms with Gasteiger partial charge in [-0.3, -0.25) is 14.8 Å². The van der Waals surface area contributed by atoms with E-state index in [0.29, 0.717) is 46.6 Å². The maximum atomic E-state index is 12.4. The minimum Gasteiger partial charge on any atom is -0.490 e. The maximum Gasteiger partial charge on any atom is 0.276 e. The zero-order valence-electron chi connectivity index (χ0n) is 15.0. The zero-order chi connectivity index (χ0) is 19.1. The molecule has 26 heavy (non-hydrogen) atoms. The van der Waals surface area contributed by atoms with Gasteiger partial charge in [-0.2, -0.15) is 0 Å². The molecule has 138 valence electrons. The van der Waals surface area contributed by atoms with Crippen LogP contribution >= 0.6 is 0 Å². The lowest BCUT2D eigenvalue weighted by Crippen LogP contribution is -2.22. The first kappa shape index (κ1) is 19.3. The summed E-state index contributed by atoms with van der Waals surface area (Å²) in [5.74, 6) is 0.249. The van der Waals surface area contributed by atoms with Crippen molar-refractivity contribution in [3.63, 3.8) is 0 Å². The predicted molar refractivity (Wildman–Crippen MR) is 97.1 cm³/mol. The van der Waals surface area contributed by atoms with Crippen molar-refractivity contribution < 1.29 is 24.3 Å². The van der Waals surface area contributed by atoms with Crippen LogP contribution in [0.2, 0.25) is 0 Å². The molecule has 7 nitrogen and oxygen atoms in total. The molecule has 0 aromatic heterocycles. The van der Waals surface area contributed by atoms with Crippen LogP contribution < -0.4 is 14.8 Å². The Labute approximate surface area is 152 Å². The first-order valence-corrected chi connectivity index (χ1v) is 8.24. The van der Waals surface area contributed by atoms with Crippen molar-refractivity contribution in [2.45, 2.75) is 13.8 Å². The van der Waals surface area contributed by atoms with Crippen LogP contribution in [0.25, 0.3) is 0 Å². The first-order valence-electron chi connectivity index (χ1n) is 8.24. The maximum absolute atomic E-state index is 12.4. The van der Waals surface area contributed by atoms with E-state index in [-0.39, 0.29) is 5.91 Å². The Morgan fingerprint density at radius 2 is 1.54 bits per heavy atom. The molecule has 0 saturated heterocycles. The van der Waals surface area contributed by atoms with Crippen LogP contribution in [0, 0.1) is 0 Å². The molecule has 2 rings (SSSR count). The summed E-state index contributed by atoms with van der Waals surface area (Å²) in [5.41, 5.74) is 1.26. The molecule has 2 amide bonds. The molecular weight excluding hydrogens is 336 g/mol. The Morgan fingerprint density at radius 1 is 0.962 bits per heavy atom. The van der Waals surface area contributed by atoms with Gasteiger partial charge in [-0.1, -0.05) is 0 Å². The highest BCUT2D eigenvalue weighted by molar-refractivity contribution is 6.05. The van der Waals surface area contributed by atoms with Gasteiger partial charge < -0.3 is 14.8 Å². The Kier molecular flexibility index (Phi) is 6.57. The number of rotatable bonds is 7. The molecule has 0 radical (unpaired) electrons. The topological polar surface area (TPSA) is 88.1 Å². The van der Waals surface area contributed by atoms with E-state index in [4.69, 9.17) is 14.7 Å². The summed E-state index contributed by atoms with van der Waals surface area (Å²) in [4.78, 5) is 24.1. The number of hydroxylamine groups is 2. The van der Waals surface area contributed by atoms with Gasteiger partial charge >= 0.3 is 0 Å². The van der Waals surface area contributed by atoms with E-state index in [9.17, 15) is 9.59 Å². The average molecular weight is 358 g/mol. The van der Waals surface area contributed by atoms with Crippen molar-refractivity contribution >= 4 is 17.5 Å². The molecule has 0 atom stereocenters. The molecule has 2 N–H and O–H groups in total. The molecule has 7 heteroatoms. The summed E-state index contributed by atoms with van der Waals surface area (Å²) in [5, 5.41) is 12.4. The fourth-order valence-corrected chi connectivity index (χ4v) is 2.28. The SMILES string of the molecule is CCOc1ccc(C(=O)Nc2ccc(C(=O)N(C)O)cc2)cc1OCC. The van der Waals surface area contributed by atoms with Gasteiger partial charge in [0.1, 0.15) is 0 Å². The molecule has 0 fully saturated rings. The number of carbonyl (C=O) groups excluding carboxylic acids is 2. The molecule has 0 aliphatic rings. The Balaban J connectivity index is 2.14. The zero-order valence-corrected chi connectivity index (χ0v) is 15.0. The molecule has 0 heterocycles. The van der Waals surface area contributed by atoms with Gasteiger partial charge in [0.15, 0.2) is 11.5 Å². The number of hydrogen-bond acceptors (Lipinski definition) is 5. The van der Waals surface area contributed by atoms with Crippen molar-refractivity contribution in [3.8, 4) is 11.5 Å². The predicted octanol–water partition coefficient (Wildman–Crippen LogP) is 3.20. The third-order valence-corrected chi connectivity index (χ3v) is 3.49. The van der Waals surface area contributed by atoms with Crippen LogP contribution in [0.15, 0.2) is 42.5 Å². The molecule has 2 aromatic rings. The van der Waals surface area contributed by atoms with Crippen LogP contribution in [-0.4, -0.2) is 42.3 Å². The van der Waals surface area contributed by atoms with Crippen LogP contribution in [-0.2, 0) is 0 Å². The highest BCUT2D eigenvalue weighted by atomic mass is 16.5. The van der Waals surface area contributed by atoms with Gasteiger partial charge in [0.2, 0.25) is 0 Å². The van der Waals surface area contributed by atoms with Crippen molar-refractivity contribution in [3.05, 3.63) is 53.6 Å². The number of carbonyl (C=O) groups is 2. The Bertz CT molecular complexity index is 772. The van der Waals surface area contributed by atoms with Crippen LogP contribution in [0.5, 0.6) is 11.5 Å². The van der Waals surface area contributed by atoms with E-state index in [1.165, 1.54) is 19.2 Å². The van der Waals surface area contributed by atoms with Gasteiger partial charge in [0.25, 0.3) is 11.8 Å². The highest BCUT2D eigenvalue weighted by Gasteiger charge is 2.13. The molecule has 0 spiro atoms. The van der Waals surface area contributed by atoms with E-state index in [1.54, 1.807) is 30.3 Å². The van der Waals surface area contributed by atoms with Gasteiger partial charge in [0, 0.05) is 23.9 Å². The van der Waals surface area contributed by atoms with E-state index in [0.717, 1.165) is 0 Å². The molecule has 0 unspecified atom stereocenters. The summed E-state index contributed by atoms with van der Waals surface area (Å²) >= 11 is 0. The number of hydrogen-bond donors (Lipinski definition) is 2. The van der Waals surface area contributed by atoms with E-state index < -0.39 is 5.91 Å². The number of anilines is 1. The monoisotopic (exact) mass is 358 g/mol. The van der Waals surface area contributed by atoms with Crippen molar-refractivity contribution in [1.82, 2.24) is 5.06 Å². The third kappa shape index (κ3) is 4.73. The highest BCUT2D eigenvalue weighted by Crippen LogP contribution is 2.29. The minimum atomic E-state index is -0.532. The molecule has 0 aliphatic heterocycles. The molecule has 0 aliphatic carbocycles. The summed E-state index contributed by atoms with van der Waals surface area (Å²) < 4.78 is 11.0. The van der Waals surface area contributed by atoms with Gasteiger partial charge in [-0.25, -0.2) is 5.06 Å². The quantitative estimate of drug-likeness (QED) is 0.586. The van der Waals surface area contributed by atoms with E-state index in [1.807, 2.05) is 13.8 Å². The van der Waals surface area contributed by atoms with Crippen LogP contribution in [0.1, 0.15) is 34.6 Å². The van der Waals surface area contributed by atoms with Crippen molar-refractivity contribution in [1.29, 1.82) is 0 Å². The number of nitrogens with one attached hydrogen (secondary N) is 1. The summed E-state index contributed by atoms with van der Waals surface area (Å²) in [7, 11) is 1.25. The third-order valence-electron chi connectivity index (χ3n) is 3.49. The fraction of sp³-hybridized carbons (Fsp3) is 0.263. The standard InChI is InChI=1S/C19H22N2O5/c1-4-25-16-11-8-14(12-17(16)26-5-2)18(22)20-15-9-6-13(7-10-15)19(23)21(3)24/h6-12,24H,4-5H2,1-3H3,(H,20,22). The number of amides is 2. The van der Waals surface area contributed by atoms with Gasteiger partial charge in [-0.15, -0.1) is 0 Å². The fourth-order valence-electron chi connectivity index (χ4n) is 2.28. The van der Waals surface area contributed by atoms with Crippen LogP contribution in [0.3, 0.4) is 0 Å². The second-order valence-corrected chi connectivity index (χ2v) is 5.39. The number of ether oxygens (including phenoxy) is 2. The van der Waals surface area contributed by atoms with E-state index >= 15 is 0 Å². The average Bonchev–Trinajstić information content (AvgIpc) is 2.63. The Morgan fingerprint density at radius 3 is 2.12 bits per heavy atom. The molecular formula is C19H22N2O5. The first-order chi connectivity index (χ1) is 12.5. The number of nitrogens with zero attached hydrogens (tertiary/aromatic N) is 1. The Hall–Kier alpha value is -3.06. The lowest BCUT2D eigenvalue weighted by molar-refractivity contribution is -0.0374. The van der Waals surface area contributed by atoms with Gasteiger partial charge in [0.05, 0.1) is 13.2 Å². The second kappa shape index (κ2) is 8.87. The smallest absolute Gasteiger partial charge is 0.276 e. The van der Waals surface area contributed by atoms with Crippen LogP contribution in [0.4, 0.5) is 5.69 Å². The van der Waals surface area contributed by atoms with E-state index in [2.05, 4.69) is 5.32 Å².